The van der Waals surface area contributed by atoms with Gasteiger partial charge in [0.15, 0.2) is 0 Å². The van der Waals surface area contributed by atoms with E-state index in [9.17, 15) is 0 Å². The molecule has 0 spiro atoms. The number of rotatable bonds is 6. The first-order valence-corrected chi connectivity index (χ1v) is 8.28. The van der Waals surface area contributed by atoms with Crippen LogP contribution in [0.25, 0.3) is 0 Å². The van der Waals surface area contributed by atoms with Crippen molar-refractivity contribution in [3.63, 3.8) is 0 Å². The molecule has 0 aliphatic carbocycles. The van der Waals surface area contributed by atoms with Gasteiger partial charge in [0.1, 0.15) is 0 Å². The van der Waals surface area contributed by atoms with Gasteiger partial charge in [-0.1, -0.05) is 6.92 Å². The third-order valence-corrected chi connectivity index (χ3v) is 5.11. The van der Waals surface area contributed by atoms with E-state index in [-0.39, 0.29) is 0 Å². The van der Waals surface area contributed by atoms with Crippen molar-refractivity contribution in [2.45, 2.75) is 58.6 Å². The van der Waals surface area contributed by atoms with Gasteiger partial charge in [-0.3, -0.25) is 0 Å². The Labute approximate surface area is 119 Å². The molecule has 3 heteroatoms. The van der Waals surface area contributed by atoms with Crippen molar-refractivity contribution >= 4 is 0 Å². The molecule has 0 saturated carbocycles. The molecule has 3 unspecified atom stereocenters. The van der Waals surface area contributed by atoms with Crippen LogP contribution >= 0.6 is 0 Å². The van der Waals surface area contributed by atoms with E-state index in [1.807, 2.05) is 0 Å². The number of nitrogens with one attached hydrogen (secondary N) is 1. The predicted octanol–water partition coefficient (Wildman–Crippen LogP) is 2.51. The van der Waals surface area contributed by atoms with E-state index in [1.54, 1.807) is 0 Å². The van der Waals surface area contributed by atoms with Crippen molar-refractivity contribution in [3.8, 4) is 0 Å². The van der Waals surface area contributed by atoms with Crippen molar-refractivity contribution in [2.24, 2.45) is 11.8 Å². The molecular formula is C16H32N2O. The van der Waals surface area contributed by atoms with Gasteiger partial charge in [0.2, 0.25) is 0 Å². The third kappa shape index (κ3) is 4.44. The number of hydrogen-bond acceptors (Lipinski definition) is 3. The van der Waals surface area contributed by atoms with E-state index in [0.29, 0.717) is 12.1 Å². The van der Waals surface area contributed by atoms with Crippen LogP contribution in [0.4, 0.5) is 0 Å². The van der Waals surface area contributed by atoms with Gasteiger partial charge in [0.05, 0.1) is 6.10 Å². The van der Waals surface area contributed by atoms with Gasteiger partial charge in [-0.15, -0.1) is 0 Å². The summed E-state index contributed by atoms with van der Waals surface area (Å²) in [6, 6.07) is 0.663. The van der Waals surface area contributed by atoms with Gasteiger partial charge in [0, 0.05) is 19.2 Å². The van der Waals surface area contributed by atoms with E-state index >= 15 is 0 Å². The van der Waals surface area contributed by atoms with E-state index in [4.69, 9.17) is 4.74 Å². The lowest BCUT2D eigenvalue weighted by atomic mass is 9.89. The molecule has 0 amide bonds. The molecule has 2 aliphatic heterocycles. The van der Waals surface area contributed by atoms with Crippen LogP contribution in [0.5, 0.6) is 0 Å². The van der Waals surface area contributed by atoms with Crippen LogP contribution in [0.1, 0.15) is 46.5 Å². The molecule has 19 heavy (non-hydrogen) atoms. The molecule has 2 saturated heterocycles. The molecule has 0 radical (unpaired) electrons. The Morgan fingerprint density at radius 3 is 2.58 bits per heavy atom. The lowest BCUT2D eigenvalue weighted by Gasteiger charge is -2.35. The Morgan fingerprint density at radius 2 is 2.00 bits per heavy atom. The minimum Gasteiger partial charge on any atom is -0.378 e. The molecular weight excluding hydrogens is 236 g/mol. The van der Waals surface area contributed by atoms with Crippen molar-refractivity contribution < 1.29 is 4.74 Å². The van der Waals surface area contributed by atoms with Crippen LogP contribution in [0.3, 0.4) is 0 Å². The smallest absolute Gasteiger partial charge is 0.0588 e. The summed E-state index contributed by atoms with van der Waals surface area (Å²) in [6.45, 7) is 12.8. The van der Waals surface area contributed by atoms with E-state index in [1.165, 1.54) is 45.3 Å². The van der Waals surface area contributed by atoms with Crippen LogP contribution in [0.15, 0.2) is 0 Å². The van der Waals surface area contributed by atoms with Crippen LogP contribution in [0, 0.1) is 11.8 Å². The van der Waals surface area contributed by atoms with Gasteiger partial charge >= 0.3 is 0 Å². The Hall–Kier alpha value is -0.120. The van der Waals surface area contributed by atoms with Gasteiger partial charge in [-0.05, 0) is 71.0 Å². The Morgan fingerprint density at radius 1 is 1.26 bits per heavy atom. The fourth-order valence-electron chi connectivity index (χ4n) is 3.54. The first kappa shape index (κ1) is 15.3. The van der Waals surface area contributed by atoms with Gasteiger partial charge in [-0.25, -0.2) is 0 Å². The predicted molar refractivity (Wildman–Crippen MR) is 80.4 cm³/mol. The van der Waals surface area contributed by atoms with Crippen molar-refractivity contribution in [3.05, 3.63) is 0 Å². The van der Waals surface area contributed by atoms with Gasteiger partial charge < -0.3 is 15.0 Å². The highest BCUT2D eigenvalue weighted by Crippen LogP contribution is 2.23. The highest BCUT2D eigenvalue weighted by molar-refractivity contribution is 4.82. The maximum Gasteiger partial charge on any atom is 0.0588 e. The first-order valence-electron chi connectivity index (χ1n) is 8.28. The lowest BCUT2D eigenvalue weighted by Crippen LogP contribution is -2.43. The minimum absolute atomic E-state index is 0.450. The number of likely N-dealkylation sites (tertiary alicyclic amines) is 1. The molecule has 2 fully saturated rings. The lowest BCUT2D eigenvalue weighted by molar-refractivity contribution is 0.103. The topological polar surface area (TPSA) is 24.5 Å². The monoisotopic (exact) mass is 268 g/mol. The Bertz CT molecular complexity index is 251. The molecule has 0 aromatic heterocycles. The molecule has 3 nitrogen and oxygen atoms in total. The van der Waals surface area contributed by atoms with Crippen molar-refractivity contribution in [2.75, 3.05) is 32.8 Å². The van der Waals surface area contributed by atoms with E-state index < -0.39 is 0 Å². The minimum atomic E-state index is 0.450. The van der Waals surface area contributed by atoms with E-state index in [0.717, 1.165) is 25.0 Å². The fourth-order valence-corrected chi connectivity index (χ4v) is 3.54. The average Bonchev–Trinajstić information content (AvgIpc) is 2.83. The largest absolute Gasteiger partial charge is 0.378 e. The summed E-state index contributed by atoms with van der Waals surface area (Å²) in [5.74, 6) is 1.59. The molecule has 0 aromatic rings. The third-order valence-electron chi connectivity index (χ3n) is 5.11. The van der Waals surface area contributed by atoms with Crippen LogP contribution < -0.4 is 5.32 Å². The zero-order valence-electron chi connectivity index (χ0n) is 13.0. The second-order valence-electron chi connectivity index (χ2n) is 6.50. The number of ether oxygens (including phenoxy) is 1. The summed E-state index contributed by atoms with van der Waals surface area (Å²) in [5.41, 5.74) is 0. The van der Waals surface area contributed by atoms with E-state index in [2.05, 4.69) is 31.0 Å². The quantitative estimate of drug-likeness (QED) is 0.801. The SMILES string of the molecule is CCCN1CCC(C(C)NCC2CCOC2C)CC1. The number of nitrogens with zero attached hydrogens (tertiary/aromatic N) is 1. The van der Waals surface area contributed by atoms with Crippen LogP contribution in [-0.4, -0.2) is 49.8 Å². The molecule has 112 valence electrons. The summed E-state index contributed by atoms with van der Waals surface area (Å²) in [6.07, 6.45) is 5.70. The average molecular weight is 268 g/mol. The maximum atomic E-state index is 5.64. The van der Waals surface area contributed by atoms with Crippen molar-refractivity contribution in [1.82, 2.24) is 10.2 Å². The number of hydrogen-bond donors (Lipinski definition) is 1. The first-order chi connectivity index (χ1) is 9.20. The second kappa shape index (κ2) is 7.61. The molecule has 2 aliphatic rings. The summed E-state index contributed by atoms with van der Waals surface area (Å²) < 4.78 is 5.64. The zero-order chi connectivity index (χ0) is 13.7. The molecule has 1 N–H and O–H groups in total. The molecule has 2 rings (SSSR count). The summed E-state index contributed by atoms with van der Waals surface area (Å²) in [4.78, 5) is 2.62. The van der Waals surface area contributed by atoms with Crippen LogP contribution in [-0.2, 0) is 4.74 Å². The number of piperidine rings is 1. The second-order valence-corrected chi connectivity index (χ2v) is 6.50. The fraction of sp³-hybridized carbons (Fsp3) is 1.00. The highest BCUT2D eigenvalue weighted by Gasteiger charge is 2.27. The molecule has 3 atom stereocenters. The summed E-state index contributed by atoms with van der Waals surface area (Å²) in [5, 5.41) is 3.77. The summed E-state index contributed by atoms with van der Waals surface area (Å²) in [7, 11) is 0. The van der Waals surface area contributed by atoms with Gasteiger partial charge in [0.25, 0.3) is 0 Å². The summed E-state index contributed by atoms with van der Waals surface area (Å²) >= 11 is 0. The highest BCUT2D eigenvalue weighted by atomic mass is 16.5. The zero-order valence-corrected chi connectivity index (χ0v) is 13.0. The van der Waals surface area contributed by atoms with Gasteiger partial charge in [-0.2, -0.15) is 0 Å². The standard InChI is InChI=1S/C16H32N2O/c1-4-8-18-9-5-15(6-10-18)13(2)17-12-16-7-11-19-14(16)3/h13-17H,4-12H2,1-3H3. The molecule has 0 bridgehead atoms. The normalized spacial score (nSPS) is 31.7. The maximum absolute atomic E-state index is 5.64. The molecule has 0 aromatic carbocycles. The Balaban J connectivity index is 1.65. The Kier molecular flexibility index (Phi) is 6.11. The molecule has 2 heterocycles. The van der Waals surface area contributed by atoms with Crippen LogP contribution in [0.2, 0.25) is 0 Å². The van der Waals surface area contributed by atoms with Crippen molar-refractivity contribution in [1.29, 1.82) is 0 Å².